The number of hydrogen-bond acceptors (Lipinski definition) is 3. The topological polar surface area (TPSA) is 47.6 Å². The Bertz CT molecular complexity index is 752. The number of amides is 1. The van der Waals surface area contributed by atoms with Gasteiger partial charge in [0.15, 0.2) is 18.1 Å². The maximum Gasteiger partial charge on any atom is 0.262 e. The second kappa shape index (κ2) is 6.56. The maximum atomic E-state index is 12.2. The van der Waals surface area contributed by atoms with E-state index in [1.54, 1.807) is 0 Å². The van der Waals surface area contributed by atoms with E-state index in [-0.39, 0.29) is 18.1 Å². The van der Waals surface area contributed by atoms with Crippen molar-refractivity contribution < 1.29 is 14.3 Å². The Morgan fingerprint density at radius 1 is 1.21 bits per heavy atom. The molecule has 126 valence electrons. The normalized spacial score (nSPS) is 14.6. The Labute approximate surface area is 142 Å². The number of benzene rings is 2. The molecule has 1 heterocycles. The van der Waals surface area contributed by atoms with E-state index in [0.29, 0.717) is 5.75 Å². The van der Waals surface area contributed by atoms with Crippen LogP contribution in [0.2, 0.25) is 0 Å². The predicted molar refractivity (Wildman–Crippen MR) is 94.8 cm³/mol. The second-order valence-electron chi connectivity index (χ2n) is 6.63. The third kappa shape index (κ3) is 3.53. The SMILES string of the molecule is CCc1ccccc1NC(=O)COc1cccc2c1OC(C)(C)C2. The van der Waals surface area contributed by atoms with Crippen LogP contribution in [0, 0.1) is 0 Å². The summed E-state index contributed by atoms with van der Waals surface area (Å²) in [5, 5.41) is 2.91. The summed E-state index contributed by atoms with van der Waals surface area (Å²) in [6.07, 6.45) is 1.71. The lowest BCUT2D eigenvalue weighted by molar-refractivity contribution is -0.118. The van der Waals surface area contributed by atoms with E-state index in [4.69, 9.17) is 9.47 Å². The van der Waals surface area contributed by atoms with Gasteiger partial charge in [-0.2, -0.15) is 0 Å². The van der Waals surface area contributed by atoms with E-state index in [0.717, 1.165) is 35.4 Å². The molecule has 1 aliphatic rings. The van der Waals surface area contributed by atoms with Crippen LogP contribution in [0.4, 0.5) is 5.69 Å². The average Bonchev–Trinajstić information content (AvgIpc) is 2.87. The fourth-order valence-electron chi connectivity index (χ4n) is 2.98. The van der Waals surface area contributed by atoms with Crippen molar-refractivity contribution in [3.05, 3.63) is 53.6 Å². The number of carbonyl (C=O) groups excluding carboxylic acids is 1. The molecule has 2 aromatic rings. The van der Waals surface area contributed by atoms with Crippen LogP contribution in [0.15, 0.2) is 42.5 Å². The lowest BCUT2D eigenvalue weighted by Crippen LogP contribution is -2.25. The molecule has 0 radical (unpaired) electrons. The van der Waals surface area contributed by atoms with Gasteiger partial charge in [-0.05, 0) is 38.0 Å². The standard InChI is InChI=1S/C20H23NO3/c1-4-14-8-5-6-10-16(14)21-18(22)13-23-17-11-7-9-15-12-20(2,3)24-19(15)17/h5-11H,4,12-13H2,1-3H3,(H,21,22). The number of aryl methyl sites for hydroxylation is 1. The summed E-state index contributed by atoms with van der Waals surface area (Å²) in [4.78, 5) is 12.2. The molecule has 0 aromatic heterocycles. The van der Waals surface area contributed by atoms with Crippen molar-refractivity contribution in [3.63, 3.8) is 0 Å². The number of hydrogen-bond donors (Lipinski definition) is 1. The molecule has 4 heteroatoms. The van der Waals surface area contributed by atoms with Crippen molar-refractivity contribution in [2.24, 2.45) is 0 Å². The molecule has 1 N–H and O–H groups in total. The monoisotopic (exact) mass is 325 g/mol. The Hall–Kier alpha value is -2.49. The van der Waals surface area contributed by atoms with Crippen LogP contribution in [-0.2, 0) is 17.6 Å². The fraction of sp³-hybridized carbons (Fsp3) is 0.350. The maximum absolute atomic E-state index is 12.2. The van der Waals surface area contributed by atoms with Crippen LogP contribution in [0.5, 0.6) is 11.5 Å². The van der Waals surface area contributed by atoms with Gasteiger partial charge in [-0.1, -0.05) is 37.3 Å². The highest BCUT2D eigenvalue weighted by Crippen LogP contribution is 2.41. The fourth-order valence-corrected chi connectivity index (χ4v) is 2.98. The molecular formula is C20H23NO3. The smallest absolute Gasteiger partial charge is 0.262 e. The summed E-state index contributed by atoms with van der Waals surface area (Å²) in [5.41, 5.74) is 2.83. The summed E-state index contributed by atoms with van der Waals surface area (Å²) in [6.45, 7) is 6.11. The first-order chi connectivity index (χ1) is 11.5. The van der Waals surface area contributed by atoms with Gasteiger partial charge in [0.1, 0.15) is 5.60 Å². The molecule has 0 atom stereocenters. The number of carbonyl (C=O) groups is 1. The predicted octanol–water partition coefficient (Wildman–Crippen LogP) is 3.98. The highest BCUT2D eigenvalue weighted by molar-refractivity contribution is 5.92. The van der Waals surface area contributed by atoms with Crippen LogP contribution in [-0.4, -0.2) is 18.1 Å². The summed E-state index contributed by atoms with van der Waals surface area (Å²) in [6, 6.07) is 13.6. The lowest BCUT2D eigenvalue weighted by Gasteiger charge is -2.18. The van der Waals surface area contributed by atoms with Crippen molar-refractivity contribution >= 4 is 11.6 Å². The quantitative estimate of drug-likeness (QED) is 0.904. The molecule has 2 aromatic carbocycles. The Balaban J connectivity index is 1.65. The molecule has 0 spiro atoms. The molecule has 0 unspecified atom stereocenters. The van der Waals surface area contributed by atoms with Crippen molar-refractivity contribution in [2.75, 3.05) is 11.9 Å². The zero-order valence-corrected chi connectivity index (χ0v) is 14.4. The zero-order valence-electron chi connectivity index (χ0n) is 14.4. The number of nitrogens with one attached hydrogen (secondary N) is 1. The zero-order chi connectivity index (χ0) is 17.2. The minimum atomic E-state index is -0.232. The summed E-state index contributed by atoms with van der Waals surface area (Å²) >= 11 is 0. The van der Waals surface area contributed by atoms with Crippen molar-refractivity contribution in [3.8, 4) is 11.5 Å². The number of fused-ring (bicyclic) bond motifs is 1. The van der Waals surface area contributed by atoms with Gasteiger partial charge in [-0.15, -0.1) is 0 Å². The van der Waals surface area contributed by atoms with Gasteiger partial charge in [0.05, 0.1) is 0 Å². The molecule has 3 rings (SSSR count). The summed E-state index contributed by atoms with van der Waals surface area (Å²) in [7, 11) is 0. The first kappa shape index (κ1) is 16.4. The second-order valence-corrected chi connectivity index (χ2v) is 6.63. The largest absolute Gasteiger partial charge is 0.483 e. The van der Waals surface area contributed by atoms with Gasteiger partial charge in [-0.25, -0.2) is 0 Å². The van der Waals surface area contributed by atoms with Crippen LogP contribution in [0.25, 0.3) is 0 Å². The molecule has 0 bridgehead atoms. The van der Waals surface area contributed by atoms with Crippen molar-refractivity contribution in [1.82, 2.24) is 0 Å². The molecule has 0 aliphatic carbocycles. The Morgan fingerprint density at radius 3 is 2.79 bits per heavy atom. The molecule has 0 saturated carbocycles. The van der Waals surface area contributed by atoms with Gasteiger partial charge in [-0.3, -0.25) is 4.79 Å². The third-order valence-electron chi connectivity index (χ3n) is 4.09. The molecule has 0 saturated heterocycles. The van der Waals surface area contributed by atoms with Gasteiger partial charge < -0.3 is 14.8 Å². The number of ether oxygens (including phenoxy) is 2. The van der Waals surface area contributed by atoms with E-state index in [1.165, 1.54) is 0 Å². The van der Waals surface area contributed by atoms with E-state index in [9.17, 15) is 4.79 Å². The number of anilines is 1. The number of rotatable bonds is 5. The first-order valence-corrected chi connectivity index (χ1v) is 8.30. The summed E-state index contributed by atoms with van der Waals surface area (Å²) in [5.74, 6) is 1.20. The molecule has 1 aliphatic heterocycles. The number of para-hydroxylation sites is 2. The van der Waals surface area contributed by atoms with Gasteiger partial charge >= 0.3 is 0 Å². The Kier molecular flexibility index (Phi) is 4.47. The summed E-state index contributed by atoms with van der Waals surface area (Å²) < 4.78 is 11.7. The van der Waals surface area contributed by atoms with Gasteiger partial charge in [0.2, 0.25) is 0 Å². The molecule has 4 nitrogen and oxygen atoms in total. The molecule has 0 fully saturated rings. The minimum Gasteiger partial charge on any atom is -0.483 e. The lowest BCUT2D eigenvalue weighted by atomic mass is 10.0. The highest BCUT2D eigenvalue weighted by atomic mass is 16.5. The van der Waals surface area contributed by atoms with Gasteiger partial charge in [0, 0.05) is 17.7 Å². The molecular weight excluding hydrogens is 302 g/mol. The average molecular weight is 325 g/mol. The van der Waals surface area contributed by atoms with Gasteiger partial charge in [0.25, 0.3) is 5.91 Å². The van der Waals surface area contributed by atoms with E-state index < -0.39 is 0 Å². The van der Waals surface area contributed by atoms with Crippen molar-refractivity contribution in [1.29, 1.82) is 0 Å². The molecule has 24 heavy (non-hydrogen) atoms. The van der Waals surface area contributed by atoms with E-state index in [2.05, 4.69) is 12.2 Å². The van der Waals surface area contributed by atoms with Crippen LogP contribution in [0.3, 0.4) is 0 Å². The van der Waals surface area contributed by atoms with E-state index in [1.807, 2.05) is 56.3 Å². The first-order valence-electron chi connectivity index (χ1n) is 8.30. The van der Waals surface area contributed by atoms with Crippen LogP contribution >= 0.6 is 0 Å². The third-order valence-corrected chi connectivity index (χ3v) is 4.09. The van der Waals surface area contributed by atoms with E-state index >= 15 is 0 Å². The molecule has 1 amide bonds. The van der Waals surface area contributed by atoms with Crippen LogP contribution < -0.4 is 14.8 Å². The highest BCUT2D eigenvalue weighted by Gasteiger charge is 2.32. The van der Waals surface area contributed by atoms with Crippen molar-refractivity contribution in [2.45, 2.75) is 39.2 Å². The Morgan fingerprint density at radius 2 is 2.00 bits per heavy atom. The van der Waals surface area contributed by atoms with Crippen LogP contribution in [0.1, 0.15) is 31.9 Å². The minimum absolute atomic E-state index is 0.0434.